The predicted molar refractivity (Wildman–Crippen MR) is 76.2 cm³/mol. The lowest BCUT2D eigenvalue weighted by Crippen LogP contribution is -2.37. The Kier molecular flexibility index (Phi) is 3.13. The van der Waals surface area contributed by atoms with Gasteiger partial charge in [0.15, 0.2) is 0 Å². The van der Waals surface area contributed by atoms with Crippen LogP contribution in [-0.4, -0.2) is 30.4 Å². The van der Waals surface area contributed by atoms with Gasteiger partial charge >= 0.3 is 0 Å². The van der Waals surface area contributed by atoms with Crippen LogP contribution in [0.2, 0.25) is 0 Å². The van der Waals surface area contributed by atoms with Gasteiger partial charge in [0.2, 0.25) is 0 Å². The molecule has 4 heteroatoms. The number of aryl methyl sites for hydroxylation is 2. The molecule has 1 amide bonds. The highest BCUT2D eigenvalue weighted by atomic mass is 16.5. The summed E-state index contributed by atoms with van der Waals surface area (Å²) in [6.07, 6.45) is 2.24. The van der Waals surface area contributed by atoms with Crippen molar-refractivity contribution in [3.05, 3.63) is 28.8 Å². The molecule has 0 aliphatic carbocycles. The zero-order valence-corrected chi connectivity index (χ0v) is 12.1. The molecule has 2 unspecified atom stereocenters. The third kappa shape index (κ3) is 2.04. The Morgan fingerprint density at radius 2 is 2.00 bits per heavy atom. The Bertz CT molecular complexity index is 594. The maximum Gasteiger partial charge on any atom is 0.299 e. The van der Waals surface area contributed by atoms with Crippen LogP contribution in [0, 0.1) is 13.8 Å². The number of rotatable bonds is 2. The van der Waals surface area contributed by atoms with Crippen molar-refractivity contribution in [2.75, 3.05) is 11.4 Å². The van der Waals surface area contributed by atoms with Gasteiger partial charge in [0.1, 0.15) is 0 Å². The van der Waals surface area contributed by atoms with Gasteiger partial charge in [-0.05, 0) is 50.8 Å². The molecule has 0 N–H and O–H groups in total. The first-order valence-corrected chi connectivity index (χ1v) is 7.10. The number of carbonyl (C=O) groups is 2. The zero-order chi connectivity index (χ0) is 14.4. The van der Waals surface area contributed by atoms with Crippen molar-refractivity contribution in [1.29, 1.82) is 0 Å². The summed E-state index contributed by atoms with van der Waals surface area (Å²) in [5.41, 5.74) is 3.30. The molecule has 2 heterocycles. The van der Waals surface area contributed by atoms with E-state index in [1.807, 2.05) is 26.8 Å². The van der Waals surface area contributed by atoms with Crippen LogP contribution in [0.25, 0.3) is 0 Å². The molecular formula is C16H19NO3. The number of nitrogens with zero attached hydrogens (tertiary/aromatic N) is 1. The molecule has 106 valence electrons. The molecule has 3 rings (SSSR count). The van der Waals surface area contributed by atoms with E-state index in [1.165, 1.54) is 0 Å². The highest BCUT2D eigenvalue weighted by Crippen LogP contribution is 2.34. The summed E-state index contributed by atoms with van der Waals surface area (Å²) in [5, 5.41) is 0. The minimum absolute atomic E-state index is 0.0356. The largest absolute Gasteiger partial charge is 0.373 e. The van der Waals surface area contributed by atoms with Gasteiger partial charge in [-0.25, -0.2) is 0 Å². The fourth-order valence-corrected chi connectivity index (χ4v) is 3.23. The van der Waals surface area contributed by atoms with Crippen LogP contribution in [0.3, 0.4) is 0 Å². The number of ether oxygens (including phenoxy) is 1. The van der Waals surface area contributed by atoms with E-state index in [0.717, 1.165) is 29.7 Å². The van der Waals surface area contributed by atoms with E-state index in [-0.39, 0.29) is 12.2 Å². The molecule has 0 radical (unpaired) electrons. The van der Waals surface area contributed by atoms with E-state index in [9.17, 15) is 9.59 Å². The van der Waals surface area contributed by atoms with Crippen LogP contribution in [0.5, 0.6) is 0 Å². The van der Waals surface area contributed by atoms with Crippen molar-refractivity contribution in [2.45, 2.75) is 45.8 Å². The van der Waals surface area contributed by atoms with Crippen molar-refractivity contribution >= 4 is 17.4 Å². The highest BCUT2D eigenvalue weighted by Gasteiger charge is 2.39. The Hall–Kier alpha value is -1.68. The third-order valence-electron chi connectivity index (χ3n) is 4.10. The number of benzene rings is 1. The summed E-state index contributed by atoms with van der Waals surface area (Å²) in [5.74, 6) is -0.810. The summed E-state index contributed by atoms with van der Waals surface area (Å²) in [4.78, 5) is 25.9. The number of ketones is 1. The fourth-order valence-electron chi connectivity index (χ4n) is 3.23. The number of anilines is 1. The molecule has 2 atom stereocenters. The molecule has 1 saturated heterocycles. The second-order valence-electron chi connectivity index (χ2n) is 5.87. The molecule has 0 aromatic heterocycles. The molecule has 20 heavy (non-hydrogen) atoms. The lowest BCUT2D eigenvalue weighted by molar-refractivity contribution is -0.114. The van der Waals surface area contributed by atoms with Gasteiger partial charge in [-0.1, -0.05) is 6.07 Å². The van der Waals surface area contributed by atoms with Crippen LogP contribution >= 0.6 is 0 Å². The molecule has 2 aliphatic rings. The van der Waals surface area contributed by atoms with Gasteiger partial charge in [0.25, 0.3) is 11.7 Å². The van der Waals surface area contributed by atoms with E-state index in [2.05, 4.69) is 0 Å². The molecule has 0 saturated carbocycles. The second kappa shape index (κ2) is 4.70. The van der Waals surface area contributed by atoms with E-state index in [4.69, 9.17) is 4.74 Å². The smallest absolute Gasteiger partial charge is 0.299 e. The summed E-state index contributed by atoms with van der Waals surface area (Å²) < 4.78 is 5.78. The molecule has 1 aromatic rings. The van der Waals surface area contributed by atoms with Gasteiger partial charge in [-0.15, -0.1) is 0 Å². The minimum atomic E-state index is -0.420. The predicted octanol–water partition coefficient (Wildman–Crippen LogP) is 2.40. The highest BCUT2D eigenvalue weighted by molar-refractivity contribution is 6.52. The Morgan fingerprint density at radius 3 is 2.65 bits per heavy atom. The van der Waals surface area contributed by atoms with Crippen molar-refractivity contribution in [3.63, 3.8) is 0 Å². The summed E-state index contributed by atoms with van der Waals surface area (Å²) in [6.45, 7) is 6.41. The van der Waals surface area contributed by atoms with Gasteiger partial charge in [-0.3, -0.25) is 9.59 Å². The fraction of sp³-hybridized carbons (Fsp3) is 0.500. The van der Waals surface area contributed by atoms with Crippen molar-refractivity contribution < 1.29 is 14.3 Å². The number of amides is 1. The SMILES string of the molecule is Cc1cc(C)c2c(c1)C(=O)C(=O)N2CC1CCC(C)O1. The number of fused-ring (bicyclic) bond motifs is 1. The number of carbonyl (C=O) groups excluding carboxylic acids is 2. The summed E-state index contributed by atoms with van der Waals surface area (Å²) in [6, 6.07) is 3.82. The van der Waals surface area contributed by atoms with Crippen LogP contribution in [-0.2, 0) is 9.53 Å². The van der Waals surface area contributed by atoms with Crippen LogP contribution in [0.15, 0.2) is 12.1 Å². The third-order valence-corrected chi connectivity index (χ3v) is 4.10. The van der Waals surface area contributed by atoms with Crippen LogP contribution < -0.4 is 4.90 Å². The first kappa shape index (κ1) is 13.3. The molecule has 4 nitrogen and oxygen atoms in total. The Balaban J connectivity index is 1.94. The van der Waals surface area contributed by atoms with Gasteiger partial charge < -0.3 is 9.64 Å². The van der Waals surface area contributed by atoms with Crippen LogP contribution in [0.1, 0.15) is 41.3 Å². The number of hydrogen-bond acceptors (Lipinski definition) is 3. The Labute approximate surface area is 118 Å². The summed E-state index contributed by atoms with van der Waals surface area (Å²) in [7, 11) is 0. The second-order valence-corrected chi connectivity index (χ2v) is 5.87. The van der Waals surface area contributed by atoms with Crippen molar-refractivity contribution in [2.24, 2.45) is 0 Å². The standard InChI is InChI=1S/C16H19NO3/c1-9-6-10(2)14-13(7-9)15(18)16(19)17(14)8-12-5-4-11(3)20-12/h6-7,11-12H,4-5,8H2,1-3H3. The van der Waals surface area contributed by atoms with E-state index >= 15 is 0 Å². The van der Waals surface area contributed by atoms with Crippen molar-refractivity contribution in [3.8, 4) is 0 Å². The monoisotopic (exact) mass is 273 g/mol. The molecule has 1 aromatic carbocycles. The van der Waals surface area contributed by atoms with Gasteiger partial charge in [0.05, 0.1) is 30.0 Å². The van der Waals surface area contributed by atoms with Gasteiger partial charge in [-0.2, -0.15) is 0 Å². The number of hydrogen-bond donors (Lipinski definition) is 0. The van der Waals surface area contributed by atoms with E-state index < -0.39 is 11.7 Å². The molecule has 1 fully saturated rings. The quantitative estimate of drug-likeness (QED) is 0.777. The minimum Gasteiger partial charge on any atom is -0.373 e. The average Bonchev–Trinajstić information content (AvgIpc) is 2.88. The lowest BCUT2D eigenvalue weighted by atomic mass is 10.0. The van der Waals surface area contributed by atoms with E-state index in [1.54, 1.807) is 11.0 Å². The van der Waals surface area contributed by atoms with Gasteiger partial charge in [0, 0.05) is 0 Å². The maximum absolute atomic E-state index is 12.2. The first-order valence-electron chi connectivity index (χ1n) is 7.10. The van der Waals surface area contributed by atoms with Crippen LogP contribution in [0.4, 0.5) is 5.69 Å². The molecule has 0 bridgehead atoms. The molecule has 2 aliphatic heterocycles. The summed E-state index contributed by atoms with van der Waals surface area (Å²) >= 11 is 0. The maximum atomic E-state index is 12.2. The normalized spacial score (nSPS) is 25.4. The molecule has 0 spiro atoms. The van der Waals surface area contributed by atoms with Crippen molar-refractivity contribution in [1.82, 2.24) is 0 Å². The van der Waals surface area contributed by atoms with E-state index in [0.29, 0.717) is 12.1 Å². The lowest BCUT2D eigenvalue weighted by Gasteiger charge is -2.22. The average molecular weight is 273 g/mol. The molecular weight excluding hydrogens is 254 g/mol. The Morgan fingerprint density at radius 1 is 1.25 bits per heavy atom. The topological polar surface area (TPSA) is 46.6 Å². The zero-order valence-electron chi connectivity index (χ0n) is 12.1. The number of Topliss-reactive ketones (excluding diaryl/α,β-unsaturated/α-hetero) is 1. The first-order chi connectivity index (χ1) is 9.47.